The van der Waals surface area contributed by atoms with Gasteiger partial charge in [0.15, 0.2) is 11.5 Å². The van der Waals surface area contributed by atoms with Crippen molar-refractivity contribution in [1.29, 1.82) is 0 Å². The third-order valence-electron chi connectivity index (χ3n) is 4.54. The van der Waals surface area contributed by atoms with Gasteiger partial charge in [0.25, 0.3) is 5.69 Å². The summed E-state index contributed by atoms with van der Waals surface area (Å²) in [5, 5.41) is 20.9. The van der Waals surface area contributed by atoms with Crippen molar-refractivity contribution >= 4 is 39.8 Å². The zero-order valence-corrected chi connectivity index (χ0v) is 14.3. The van der Waals surface area contributed by atoms with E-state index in [-0.39, 0.29) is 51.5 Å². The molecule has 1 heterocycles. The average Bonchev–Trinajstić information content (AvgIpc) is 3.11. The van der Waals surface area contributed by atoms with Crippen molar-refractivity contribution in [3.8, 4) is 11.5 Å². The van der Waals surface area contributed by atoms with Crippen LogP contribution in [0.25, 0.3) is 16.5 Å². The summed E-state index contributed by atoms with van der Waals surface area (Å²) in [6.45, 7) is -0.215. The SMILES string of the molecule is COC1=CC(=O)C(=O)c2c1cc([N+](=O)[O-])c1c(CC(=O)O)cc3c(c21)OCO3. The van der Waals surface area contributed by atoms with Gasteiger partial charge in [0.05, 0.1) is 23.8 Å². The smallest absolute Gasteiger partial charge is 0.307 e. The van der Waals surface area contributed by atoms with E-state index in [2.05, 4.69) is 0 Å². The number of Topliss-reactive ketones (excluding diaryl/α,β-unsaturated/α-hetero) is 1. The lowest BCUT2D eigenvalue weighted by Crippen LogP contribution is -2.20. The van der Waals surface area contributed by atoms with Crippen LogP contribution in [-0.4, -0.2) is 41.5 Å². The van der Waals surface area contributed by atoms with Crippen LogP contribution in [0.4, 0.5) is 5.69 Å². The van der Waals surface area contributed by atoms with Crippen LogP contribution in [0.2, 0.25) is 0 Å². The van der Waals surface area contributed by atoms with Crippen LogP contribution in [0.3, 0.4) is 0 Å². The number of rotatable bonds is 4. The molecule has 1 aliphatic carbocycles. The minimum atomic E-state index is -1.23. The second-order valence-electron chi connectivity index (χ2n) is 6.07. The first-order valence-corrected chi connectivity index (χ1v) is 7.96. The van der Waals surface area contributed by atoms with E-state index in [1.807, 2.05) is 0 Å². The van der Waals surface area contributed by atoms with Crippen molar-refractivity contribution in [2.75, 3.05) is 13.9 Å². The van der Waals surface area contributed by atoms with Gasteiger partial charge in [-0.1, -0.05) is 0 Å². The fourth-order valence-electron chi connectivity index (χ4n) is 3.47. The normalized spacial score (nSPS) is 14.7. The fourth-order valence-corrected chi connectivity index (χ4v) is 3.47. The van der Waals surface area contributed by atoms with E-state index < -0.39 is 34.6 Å². The predicted molar refractivity (Wildman–Crippen MR) is 92.4 cm³/mol. The summed E-state index contributed by atoms with van der Waals surface area (Å²) in [7, 11) is 1.26. The Morgan fingerprint density at radius 3 is 2.68 bits per heavy atom. The maximum atomic E-state index is 12.7. The minimum Gasteiger partial charge on any atom is -0.496 e. The Kier molecular flexibility index (Phi) is 3.77. The van der Waals surface area contributed by atoms with Crippen LogP contribution in [0.1, 0.15) is 21.5 Å². The van der Waals surface area contributed by atoms with E-state index >= 15 is 0 Å². The highest BCUT2D eigenvalue weighted by molar-refractivity contribution is 6.52. The third-order valence-corrected chi connectivity index (χ3v) is 4.54. The van der Waals surface area contributed by atoms with E-state index in [0.29, 0.717) is 0 Å². The molecule has 0 radical (unpaired) electrons. The number of methoxy groups -OCH3 is 1. The molecule has 0 fully saturated rings. The highest BCUT2D eigenvalue weighted by Gasteiger charge is 2.37. The maximum absolute atomic E-state index is 12.7. The second-order valence-corrected chi connectivity index (χ2v) is 6.07. The molecule has 10 heteroatoms. The number of hydrogen-bond donors (Lipinski definition) is 1. The highest BCUT2D eigenvalue weighted by atomic mass is 16.7. The number of aliphatic carboxylic acids is 1. The number of nitro benzene ring substituents is 1. The lowest BCUT2D eigenvalue weighted by molar-refractivity contribution is -0.383. The molecule has 0 bridgehead atoms. The number of ketones is 2. The summed E-state index contributed by atoms with van der Waals surface area (Å²) in [5.74, 6) is -2.83. The van der Waals surface area contributed by atoms with Gasteiger partial charge in [-0.2, -0.15) is 0 Å². The first kappa shape index (κ1) is 17.5. The number of benzene rings is 2. The zero-order chi connectivity index (χ0) is 20.2. The summed E-state index contributed by atoms with van der Waals surface area (Å²) in [6, 6.07) is 2.44. The molecule has 0 atom stereocenters. The number of carbonyl (C=O) groups is 3. The number of fused-ring (bicyclic) bond motifs is 5. The molecule has 1 N–H and O–H groups in total. The lowest BCUT2D eigenvalue weighted by Gasteiger charge is -2.19. The third kappa shape index (κ3) is 2.38. The summed E-state index contributed by atoms with van der Waals surface area (Å²) >= 11 is 0. The van der Waals surface area contributed by atoms with Crippen molar-refractivity contribution in [1.82, 2.24) is 0 Å². The molecular weight excluding hydrogens is 374 g/mol. The number of carboxylic acid groups (broad SMARTS) is 1. The standard InChI is InChI=1S/C18H11NO9/c1-26-11-5-10(20)17(23)15-8(11)4-9(19(24)25)14-7(3-13(21)22)2-12-18(16(14)15)28-6-27-12/h2,4-5H,3,6H2,1H3,(H,21,22). The monoisotopic (exact) mass is 385 g/mol. The minimum absolute atomic E-state index is 0.0131. The predicted octanol–water partition coefficient (Wildman–Crippen LogP) is 1.86. The molecule has 0 aromatic heterocycles. The van der Waals surface area contributed by atoms with Gasteiger partial charge in [0, 0.05) is 28.7 Å². The van der Waals surface area contributed by atoms with Gasteiger partial charge in [0.2, 0.25) is 18.4 Å². The molecule has 0 amide bonds. The Balaban J connectivity index is 2.25. The summed E-state index contributed by atoms with van der Waals surface area (Å²) in [6.07, 6.45) is 0.404. The molecule has 0 saturated heterocycles. The van der Waals surface area contributed by atoms with Crippen LogP contribution >= 0.6 is 0 Å². The van der Waals surface area contributed by atoms with Gasteiger partial charge in [-0.15, -0.1) is 0 Å². The molecule has 0 unspecified atom stereocenters. The first-order valence-electron chi connectivity index (χ1n) is 7.96. The van der Waals surface area contributed by atoms with Crippen molar-refractivity contribution in [3.63, 3.8) is 0 Å². The molecule has 28 heavy (non-hydrogen) atoms. The van der Waals surface area contributed by atoms with Crippen LogP contribution in [0.15, 0.2) is 18.2 Å². The largest absolute Gasteiger partial charge is 0.496 e. The first-order chi connectivity index (χ1) is 13.3. The Labute approximate surface area is 156 Å². The highest BCUT2D eigenvalue weighted by Crippen LogP contribution is 2.48. The molecule has 1 aliphatic heterocycles. The van der Waals surface area contributed by atoms with Crippen molar-refractivity contribution < 1.29 is 38.6 Å². The number of hydrogen-bond acceptors (Lipinski definition) is 8. The number of non-ortho nitro benzene ring substituents is 1. The van der Waals surface area contributed by atoms with E-state index in [0.717, 1.165) is 12.1 Å². The van der Waals surface area contributed by atoms with Crippen molar-refractivity contribution in [2.45, 2.75) is 6.42 Å². The quantitative estimate of drug-likeness (QED) is 0.474. The Morgan fingerprint density at radius 1 is 1.29 bits per heavy atom. The van der Waals surface area contributed by atoms with Crippen molar-refractivity contribution in [3.05, 3.63) is 45.0 Å². The Morgan fingerprint density at radius 2 is 2.04 bits per heavy atom. The molecule has 2 aromatic rings. The van der Waals surface area contributed by atoms with Crippen LogP contribution < -0.4 is 9.47 Å². The number of ether oxygens (including phenoxy) is 3. The van der Waals surface area contributed by atoms with E-state index in [4.69, 9.17) is 14.2 Å². The molecule has 0 saturated carbocycles. The van der Waals surface area contributed by atoms with Gasteiger partial charge in [-0.25, -0.2) is 0 Å². The topological polar surface area (TPSA) is 142 Å². The molecule has 10 nitrogen and oxygen atoms in total. The van der Waals surface area contributed by atoms with Gasteiger partial charge < -0.3 is 19.3 Å². The maximum Gasteiger partial charge on any atom is 0.307 e. The molecule has 2 aliphatic rings. The number of allylic oxidation sites excluding steroid dienone is 1. The molecule has 142 valence electrons. The van der Waals surface area contributed by atoms with Gasteiger partial charge in [-0.3, -0.25) is 24.5 Å². The van der Waals surface area contributed by atoms with E-state index in [9.17, 15) is 29.6 Å². The average molecular weight is 385 g/mol. The summed E-state index contributed by atoms with van der Waals surface area (Å²) < 4.78 is 15.9. The number of carbonyl (C=O) groups excluding carboxylic acids is 2. The van der Waals surface area contributed by atoms with Crippen LogP contribution in [-0.2, 0) is 20.7 Å². The summed E-state index contributed by atoms with van der Waals surface area (Å²) in [5.41, 5.74) is -0.459. The Bertz CT molecular complexity index is 1150. The molecule has 0 spiro atoms. The van der Waals surface area contributed by atoms with Crippen LogP contribution in [0.5, 0.6) is 11.5 Å². The van der Waals surface area contributed by atoms with Gasteiger partial charge in [-0.05, 0) is 11.6 Å². The van der Waals surface area contributed by atoms with Crippen molar-refractivity contribution in [2.24, 2.45) is 0 Å². The Hall–Kier alpha value is -3.95. The number of nitrogens with zero attached hydrogens (tertiary/aromatic N) is 1. The molecular formula is C18H11NO9. The second kappa shape index (κ2) is 6.05. The van der Waals surface area contributed by atoms with E-state index in [1.165, 1.54) is 13.2 Å². The summed E-state index contributed by atoms with van der Waals surface area (Å²) in [4.78, 5) is 47.2. The van der Waals surface area contributed by atoms with E-state index in [1.54, 1.807) is 0 Å². The van der Waals surface area contributed by atoms with Crippen LogP contribution in [0, 0.1) is 10.1 Å². The van der Waals surface area contributed by atoms with Gasteiger partial charge in [0.1, 0.15) is 5.76 Å². The zero-order valence-electron chi connectivity index (χ0n) is 14.3. The number of carboxylic acids is 1. The lowest BCUT2D eigenvalue weighted by atomic mass is 9.85. The number of nitro groups is 1. The molecule has 2 aromatic carbocycles. The molecule has 4 rings (SSSR count). The van der Waals surface area contributed by atoms with Gasteiger partial charge >= 0.3 is 5.97 Å². The fraction of sp³-hybridized carbons (Fsp3) is 0.167.